The number of aromatic nitrogens is 1. The highest BCUT2D eigenvalue weighted by molar-refractivity contribution is 7.85. The summed E-state index contributed by atoms with van der Waals surface area (Å²) in [5.41, 5.74) is 3.27. The largest absolute Gasteiger partial charge is 0.707 e. The van der Waals surface area contributed by atoms with Crippen LogP contribution in [0.4, 0.5) is 16.5 Å². The number of anilines is 1. The highest BCUT2D eigenvalue weighted by Crippen LogP contribution is 2.26. The van der Waals surface area contributed by atoms with E-state index in [1.165, 1.54) is 5.69 Å². The second-order valence-corrected chi connectivity index (χ2v) is 7.67. The van der Waals surface area contributed by atoms with Crippen LogP contribution in [-0.2, 0) is 21.5 Å². The summed E-state index contributed by atoms with van der Waals surface area (Å²) >= 11 is 1.58. The Morgan fingerprint density at radius 1 is 1.36 bits per heavy atom. The minimum absolute atomic E-state index is 0.681. The summed E-state index contributed by atoms with van der Waals surface area (Å²) in [4.78, 5) is 2.20. The van der Waals surface area contributed by atoms with E-state index in [9.17, 15) is 8.42 Å². The zero-order valence-corrected chi connectivity index (χ0v) is 16.5. The Morgan fingerprint density at radius 2 is 2.00 bits per heavy atom. The predicted molar refractivity (Wildman–Crippen MR) is 95.7 cm³/mol. The first-order valence-electron chi connectivity index (χ1n) is 7.36. The summed E-state index contributed by atoms with van der Waals surface area (Å²) in [6.07, 6.45) is 2.66. The van der Waals surface area contributed by atoms with Gasteiger partial charge in [-0.05, 0) is 54.1 Å². The second kappa shape index (κ2) is 9.56. The van der Waals surface area contributed by atoms with Crippen LogP contribution in [0.1, 0.15) is 12.5 Å². The third-order valence-electron chi connectivity index (χ3n) is 3.22. The molecule has 2 aromatic rings. The number of hydrogen-bond donors (Lipinski definition) is 0. The monoisotopic (exact) mass is 386 g/mol. The molecule has 1 heterocycles. The van der Waals surface area contributed by atoms with E-state index >= 15 is 0 Å². The van der Waals surface area contributed by atoms with Crippen LogP contribution in [-0.4, -0.2) is 28.3 Å². The molecule has 138 valence electrons. The second-order valence-electron chi connectivity index (χ2n) is 5.25. The van der Waals surface area contributed by atoms with Gasteiger partial charge in [-0.15, -0.1) is 0 Å². The highest BCUT2D eigenvalue weighted by Gasteiger charge is 2.08. The van der Waals surface area contributed by atoms with E-state index < -0.39 is 10.1 Å². The van der Waals surface area contributed by atoms with Crippen molar-refractivity contribution in [3.8, 4) is 0 Å². The Morgan fingerprint density at radius 3 is 2.44 bits per heavy atom. The maximum Gasteiger partial charge on any atom is 0.408 e. The number of benzene rings is 1. The van der Waals surface area contributed by atoms with Crippen molar-refractivity contribution < 1.29 is 22.6 Å². The number of aryl methyl sites for hydroxylation is 2. The summed E-state index contributed by atoms with van der Waals surface area (Å²) in [7, 11) is 0.337. The molecular formula is C15H22N4O4S2. The van der Waals surface area contributed by atoms with Crippen LogP contribution in [0.2, 0.25) is 0 Å². The zero-order valence-electron chi connectivity index (χ0n) is 14.8. The topological polar surface area (TPSA) is 98.3 Å². The van der Waals surface area contributed by atoms with Gasteiger partial charge < -0.3 is 14.5 Å². The zero-order chi connectivity index (χ0) is 19.0. The van der Waals surface area contributed by atoms with Crippen molar-refractivity contribution in [2.24, 2.45) is 17.3 Å². The van der Waals surface area contributed by atoms with Crippen LogP contribution >= 0.6 is 11.3 Å². The van der Waals surface area contributed by atoms with Crippen LogP contribution in [0.15, 0.2) is 40.0 Å². The highest BCUT2D eigenvalue weighted by atomic mass is 32.2. The molecule has 0 fully saturated rings. The van der Waals surface area contributed by atoms with Gasteiger partial charge in [-0.1, -0.05) is 0 Å². The van der Waals surface area contributed by atoms with Crippen molar-refractivity contribution in [3.05, 3.63) is 35.3 Å². The van der Waals surface area contributed by atoms with Crippen molar-refractivity contribution in [1.82, 2.24) is 0 Å². The average Bonchev–Trinajstić information content (AvgIpc) is 2.98. The molecule has 0 atom stereocenters. The Bertz CT molecular complexity index is 819. The van der Waals surface area contributed by atoms with Gasteiger partial charge in [0.1, 0.15) is 11.9 Å². The first-order valence-corrected chi connectivity index (χ1v) is 10.1. The third-order valence-corrected chi connectivity index (χ3v) is 4.31. The number of nitrogens with zero attached hydrogens (tertiary/aromatic N) is 4. The quantitative estimate of drug-likeness (QED) is 0.339. The molecule has 0 aliphatic carbocycles. The van der Waals surface area contributed by atoms with E-state index in [1.807, 2.05) is 29.3 Å². The molecule has 0 N–H and O–H groups in total. The van der Waals surface area contributed by atoms with E-state index in [0.29, 0.717) is 6.26 Å². The average molecular weight is 386 g/mol. The van der Waals surface area contributed by atoms with E-state index in [4.69, 9.17) is 5.26 Å². The van der Waals surface area contributed by atoms with Gasteiger partial charge in [-0.2, -0.15) is 0 Å². The summed E-state index contributed by atoms with van der Waals surface area (Å²) in [5, 5.41) is 20.4. The Kier molecular flexibility index (Phi) is 8.10. The lowest BCUT2D eigenvalue weighted by molar-refractivity contribution is -0.654. The van der Waals surface area contributed by atoms with E-state index in [2.05, 4.69) is 52.5 Å². The summed E-state index contributed by atoms with van der Waals surface area (Å²) in [6, 6.07) is 6.25. The van der Waals surface area contributed by atoms with Gasteiger partial charge in [0.15, 0.2) is 0 Å². The number of thiazole rings is 1. The van der Waals surface area contributed by atoms with Crippen molar-refractivity contribution in [2.45, 2.75) is 13.8 Å². The van der Waals surface area contributed by atoms with Crippen molar-refractivity contribution in [3.63, 3.8) is 0 Å². The van der Waals surface area contributed by atoms with Gasteiger partial charge in [0.25, 0.3) is 10.1 Å². The number of azo groups is 1. The maximum absolute atomic E-state index is 9.47. The standard InChI is InChI=1S/C14H19N4S.CH4O4S/c1-5-17(3)12-6-7-13(11(2)10-12)15-16-14-18(4)8-9-19-14;1-6(3,4)5-2/h6-10H,5H2,1-4H3;2H,1H3/q+1;/p-1. The summed E-state index contributed by atoms with van der Waals surface area (Å²) in [6.45, 7) is 5.20. The van der Waals surface area contributed by atoms with Gasteiger partial charge >= 0.3 is 5.13 Å². The van der Waals surface area contributed by atoms with Crippen LogP contribution in [0, 0.1) is 6.92 Å². The van der Waals surface area contributed by atoms with Gasteiger partial charge in [0.05, 0.1) is 18.4 Å². The van der Waals surface area contributed by atoms with Gasteiger partial charge in [-0.3, -0.25) is 0 Å². The van der Waals surface area contributed by atoms with E-state index in [-0.39, 0.29) is 0 Å². The fourth-order valence-electron chi connectivity index (χ4n) is 1.69. The third kappa shape index (κ3) is 7.26. The SMILES string of the molecule is CCN(C)c1ccc(N=Nc2scc[n+]2C)c(C)c1.CS(=O)(=O)O[O-]. The molecule has 25 heavy (non-hydrogen) atoms. The fourth-order valence-corrected chi connectivity index (χ4v) is 2.37. The fraction of sp³-hybridized carbons (Fsp3) is 0.400. The Labute approximate surface area is 152 Å². The number of rotatable bonds is 5. The molecule has 1 aromatic heterocycles. The molecule has 1 aromatic carbocycles. The van der Waals surface area contributed by atoms with Crippen molar-refractivity contribution in [1.29, 1.82) is 0 Å². The number of hydrogen-bond acceptors (Lipinski definition) is 8. The first-order chi connectivity index (χ1) is 11.7. The smallest absolute Gasteiger partial charge is 0.408 e. The van der Waals surface area contributed by atoms with Crippen LogP contribution < -0.4 is 14.7 Å². The molecule has 0 amide bonds. The van der Waals surface area contributed by atoms with Gasteiger partial charge in [0, 0.05) is 24.7 Å². The lowest BCUT2D eigenvalue weighted by Crippen LogP contribution is -2.23. The maximum atomic E-state index is 9.47. The minimum Gasteiger partial charge on any atom is -0.707 e. The normalized spacial score (nSPS) is 11.3. The minimum atomic E-state index is -3.72. The molecule has 0 bridgehead atoms. The molecule has 0 saturated carbocycles. The van der Waals surface area contributed by atoms with Crippen LogP contribution in [0.25, 0.3) is 0 Å². The molecule has 2 rings (SSSR count). The Hall–Kier alpha value is -1.88. The van der Waals surface area contributed by atoms with Crippen LogP contribution in [0.5, 0.6) is 0 Å². The predicted octanol–water partition coefficient (Wildman–Crippen LogP) is 1.99. The Balaban J connectivity index is 0.000000450. The lowest BCUT2D eigenvalue weighted by atomic mass is 10.2. The molecule has 0 radical (unpaired) electrons. The summed E-state index contributed by atoms with van der Waals surface area (Å²) < 4.78 is 23.6. The molecule has 0 aliphatic heterocycles. The molecule has 0 spiro atoms. The lowest BCUT2D eigenvalue weighted by Gasteiger charge is -2.17. The van der Waals surface area contributed by atoms with E-state index in [1.54, 1.807) is 11.3 Å². The van der Waals surface area contributed by atoms with E-state index in [0.717, 1.165) is 22.9 Å². The summed E-state index contributed by atoms with van der Waals surface area (Å²) in [5.74, 6) is 0. The molecular weight excluding hydrogens is 364 g/mol. The van der Waals surface area contributed by atoms with Gasteiger partial charge in [-0.25, -0.2) is 13.0 Å². The first kappa shape index (κ1) is 21.2. The van der Waals surface area contributed by atoms with Crippen molar-refractivity contribution >= 4 is 38.0 Å². The molecule has 0 aliphatic rings. The molecule has 0 unspecified atom stereocenters. The van der Waals surface area contributed by atoms with Gasteiger partial charge in [0.2, 0.25) is 0 Å². The van der Waals surface area contributed by atoms with Crippen molar-refractivity contribution in [2.75, 3.05) is 24.7 Å². The van der Waals surface area contributed by atoms with Crippen LogP contribution in [0.3, 0.4) is 0 Å². The molecule has 8 nitrogen and oxygen atoms in total. The molecule has 10 heteroatoms. The molecule has 0 saturated heterocycles.